The number of hydrogen-bond acceptors (Lipinski definition) is 3. The molecule has 0 radical (unpaired) electrons. The molecule has 1 aliphatic rings. The highest BCUT2D eigenvalue weighted by atomic mass is 79.9. The van der Waals surface area contributed by atoms with Crippen LogP contribution in [0, 0.1) is 11.8 Å². The molecule has 20 heavy (non-hydrogen) atoms. The van der Waals surface area contributed by atoms with Gasteiger partial charge in [-0.25, -0.2) is 0 Å². The van der Waals surface area contributed by atoms with Crippen molar-refractivity contribution in [3.8, 4) is 5.75 Å². The van der Waals surface area contributed by atoms with Crippen LogP contribution in [0.25, 0.3) is 0 Å². The first-order valence-electron chi connectivity index (χ1n) is 6.29. The molecule has 1 aromatic carbocycles. The van der Waals surface area contributed by atoms with Crippen LogP contribution in [0.3, 0.4) is 0 Å². The number of carboxylic acid groups (broad SMARTS) is 1. The lowest BCUT2D eigenvalue weighted by atomic mass is 9.99. The van der Waals surface area contributed by atoms with Crippen molar-refractivity contribution >= 4 is 27.8 Å². The standard InChI is InChI=1S/C14H16BrNO4/c1-8-6-16(7-11(8)14(18)19)13(17)10-5-9(20-2)3-4-12(10)15/h3-5,8,11H,6-7H2,1-2H3,(H,18,19)/t8-,11-/m1/s1. The van der Waals surface area contributed by atoms with Crippen LogP contribution in [-0.4, -0.2) is 42.1 Å². The third-order valence-electron chi connectivity index (χ3n) is 3.62. The summed E-state index contributed by atoms with van der Waals surface area (Å²) >= 11 is 3.35. The van der Waals surface area contributed by atoms with E-state index in [4.69, 9.17) is 9.84 Å². The van der Waals surface area contributed by atoms with Crippen LogP contribution in [0.4, 0.5) is 0 Å². The Morgan fingerprint density at radius 3 is 2.65 bits per heavy atom. The van der Waals surface area contributed by atoms with Crippen LogP contribution in [0.15, 0.2) is 22.7 Å². The van der Waals surface area contributed by atoms with Crippen molar-refractivity contribution in [2.45, 2.75) is 6.92 Å². The molecule has 0 aliphatic carbocycles. The molecule has 1 aromatic rings. The topological polar surface area (TPSA) is 66.8 Å². The van der Waals surface area contributed by atoms with Crippen molar-refractivity contribution in [3.05, 3.63) is 28.2 Å². The van der Waals surface area contributed by atoms with E-state index in [1.54, 1.807) is 23.1 Å². The molecule has 0 unspecified atom stereocenters. The second-order valence-corrected chi connectivity index (χ2v) is 5.83. The van der Waals surface area contributed by atoms with Gasteiger partial charge in [0, 0.05) is 17.6 Å². The van der Waals surface area contributed by atoms with Crippen LogP contribution < -0.4 is 4.74 Å². The summed E-state index contributed by atoms with van der Waals surface area (Å²) in [4.78, 5) is 25.2. The second-order valence-electron chi connectivity index (χ2n) is 4.98. The van der Waals surface area contributed by atoms with Gasteiger partial charge < -0.3 is 14.7 Å². The minimum absolute atomic E-state index is 0.0409. The zero-order valence-corrected chi connectivity index (χ0v) is 12.9. The third kappa shape index (κ3) is 2.80. The molecule has 0 spiro atoms. The number of benzene rings is 1. The van der Waals surface area contributed by atoms with Crippen LogP contribution in [0.1, 0.15) is 17.3 Å². The summed E-state index contributed by atoms with van der Waals surface area (Å²) in [5.74, 6) is -0.966. The molecular formula is C14H16BrNO4. The number of carbonyl (C=O) groups excluding carboxylic acids is 1. The molecule has 1 fully saturated rings. The Morgan fingerprint density at radius 1 is 1.40 bits per heavy atom. The lowest BCUT2D eigenvalue weighted by Crippen LogP contribution is -2.30. The van der Waals surface area contributed by atoms with Gasteiger partial charge in [0.25, 0.3) is 5.91 Å². The van der Waals surface area contributed by atoms with E-state index < -0.39 is 11.9 Å². The summed E-state index contributed by atoms with van der Waals surface area (Å²) in [5.41, 5.74) is 0.489. The summed E-state index contributed by atoms with van der Waals surface area (Å²) in [6, 6.07) is 5.17. The number of amides is 1. The van der Waals surface area contributed by atoms with E-state index in [0.717, 1.165) is 0 Å². The highest BCUT2D eigenvalue weighted by molar-refractivity contribution is 9.10. The van der Waals surface area contributed by atoms with Gasteiger partial charge in [0.2, 0.25) is 0 Å². The Bertz CT molecular complexity index is 546. The predicted molar refractivity (Wildman–Crippen MR) is 76.9 cm³/mol. The first kappa shape index (κ1) is 14.8. The van der Waals surface area contributed by atoms with Gasteiger partial charge in [-0.2, -0.15) is 0 Å². The largest absolute Gasteiger partial charge is 0.497 e. The first-order valence-corrected chi connectivity index (χ1v) is 7.09. The second kappa shape index (κ2) is 5.83. The van der Waals surface area contributed by atoms with Crippen molar-refractivity contribution in [3.63, 3.8) is 0 Å². The molecule has 0 bridgehead atoms. The lowest BCUT2D eigenvalue weighted by Gasteiger charge is -2.17. The molecule has 5 nitrogen and oxygen atoms in total. The van der Waals surface area contributed by atoms with Gasteiger partial charge in [0.15, 0.2) is 0 Å². The van der Waals surface area contributed by atoms with Gasteiger partial charge in [0.1, 0.15) is 5.75 Å². The highest BCUT2D eigenvalue weighted by Crippen LogP contribution is 2.28. The Morgan fingerprint density at radius 2 is 2.10 bits per heavy atom. The van der Waals surface area contributed by atoms with E-state index in [9.17, 15) is 9.59 Å². The van der Waals surface area contributed by atoms with Crippen LogP contribution in [0.5, 0.6) is 5.75 Å². The van der Waals surface area contributed by atoms with Gasteiger partial charge in [-0.3, -0.25) is 9.59 Å². The summed E-state index contributed by atoms with van der Waals surface area (Å²) in [7, 11) is 1.54. The first-order chi connectivity index (χ1) is 9.43. The molecule has 1 N–H and O–H groups in total. The minimum atomic E-state index is -0.850. The van der Waals surface area contributed by atoms with Gasteiger partial charge in [-0.15, -0.1) is 0 Å². The fraction of sp³-hybridized carbons (Fsp3) is 0.429. The molecule has 2 rings (SSSR count). The number of rotatable bonds is 3. The van der Waals surface area contributed by atoms with Crippen LogP contribution in [0.2, 0.25) is 0 Å². The molecular weight excluding hydrogens is 326 g/mol. The van der Waals surface area contributed by atoms with Crippen molar-refractivity contribution in [1.82, 2.24) is 4.90 Å². The molecule has 0 aromatic heterocycles. The fourth-order valence-corrected chi connectivity index (χ4v) is 2.84. The van der Waals surface area contributed by atoms with E-state index in [1.165, 1.54) is 7.11 Å². The van der Waals surface area contributed by atoms with E-state index in [2.05, 4.69) is 15.9 Å². The molecule has 1 saturated heterocycles. The molecule has 108 valence electrons. The summed E-state index contributed by atoms with van der Waals surface area (Å²) in [5, 5.41) is 9.12. The Hall–Kier alpha value is -1.56. The summed E-state index contributed by atoms with van der Waals surface area (Å²) < 4.78 is 5.79. The number of carbonyl (C=O) groups is 2. The molecule has 1 amide bonds. The smallest absolute Gasteiger partial charge is 0.308 e. The molecule has 1 aliphatic heterocycles. The number of hydrogen-bond donors (Lipinski definition) is 1. The van der Waals surface area contributed by atoms with Crippen molar-refractivity contribution in [2.75, 3.05) is 20.2 Å². The number of carboxylic acids is 1. The van der Waals surface area contributed by atoms with Crippen molar-refractivity contribution in [1.29, 1.82) is 0 Å². The SMILES string of the molecule is COc1ccc(Br)c(C(=O)N2C[C@@H](C)[C@H](C(=O)O)C2)c1. The van der Waals surface area contributed by atoms with E-state index in [-0.39, 0.29) is 18.4 Å². The van der Waals surface area contributed by atoms with Crippen molar-refractivity contribution in [2.24, 2.45) is 11.8 Å². The van der Waals surface area contributed by atoms with E-state index in [0.29, 0.717) is 22.3 Å². The number of nitrogens with zero attached hydrogens (tertiary/aromatic N) is 1. The molecule has 0 saturated carbocycles. The normalized spacial score (nSPS) is 21.9. The quantitative estimate of drug-likeness (QED) is 0.915. The number of methoxy groups -OCH3 is 1. The van der Waals surface area contributed by atoms with E-state index >= 15 is 0 Å². The maximum absolute atomic E-state index is 12.5. The monoisotopic (exact) mass is 341 g/mol. The van der Waals surface area contributed by atoms with Crippen LogP contribution in [-0.2, 0) is 4.79 Å². The lowest BCUT2D eigenvalue weighted by molar-refractivity contribution is -0.142. The van der Waals surface area contributed by atoms with Gasteiger partial charge in [-0.1, -0.05) is 6.92 Å². The summed E-state index contributed by atoms with van der Waals surface area (Å²) in [6.07, 6.45) is 0. The maximum Gasteiger partial charge on any atom is 0.308 e. The maximum atomic E-state index is 12.5. The van der Waals surface area contributed by atoms with Crippen molar-refractivity contribution < 1.29 is 19.4 Å². The number of halogens is 1. The third-order valence-corrected chi connectivity index (χ3v) is 4.31. The highest BCUT2D eigenvalue weighted by Gasteiger charge is 2.37. The zero-order valence-electron chi connectivity index (χ0n) is 11.3. The van der Waals surface area contributed by atoms with Gasteiger partial charge >= 0.3 is 5.97 Å². The number of aliphatic carboxylic acids is 1. The molecule has 2 atom stereocenters. The zero-order chi connectivity index (χ0) is 14.9. The Kier molecular flexibility index (Phi) is 4.32. The van der Waals surface area contributed by atoms with Crippen LogP contribution >= 0.6 is 15.9 Å². The van der Waals surface area contributed by atoms with Gasteiger partial charge in [-0.05, 0) is 40.0 Å². The average molecular weight is 342 g/mol. The Labute approximate surface area is 125 Å². The number of likely N-dealkylation sites (tertiary alicyclic amines) is 1. The van der Waals surface area contributed by atoms with Gasteiger partial charge in [0.05, 0.1) is 18.6 Å². The minimum Gasteiger partial charge on any atom is -0.497 e. The summed E-state index contributed by atoms with van der Waals surface area (Å²) in [6.45, 7) is 2.56. The van der Waals surface area contributed by atoms with E-state index in [1.807, 2.05) is 6.92 Å². The average Bonchev–Trinajstić information content (AvgIpc) is 2.81. The Balaban J connectivity index is 2.22. The molecule has 6 heteroatoms. The fourth-order valence-electron chi connectivity index (χ4n) is 2.42. The predicted octanol–water partition coefficient (Wildman–Crippen LogP) is 2.25. The number of ether oxygens (including phenoxy) is 1. The molecule has 1 heterocycles.